The number of halogens is 2. The van der Waals surface area contributed by atoms with Gasteiger partial charge in [0.25, 0.3) is 0 Å². The largest absolute Gasteiger partial charge is 0.480 e. The Bertz CT molecular complexity index is 1320. The first-order valence-corrected chi connectivity index (χ1v) is 11.4. The Morgan fingerprint density at radius 2 is 1.95 bits per heavy atom. The van der Waals surface area contributed by atoms with E-state index in [1.165, 1.54) is 25.3 Å². The minimum absolute atomic E-state index is 0.00962. The van der Waals surface area contributed by atoms with Gasteiger partial charge in [-0.2, -0.15) is 0 Å². The SMILES string of the molecule is COc1nc(-c2cc(F)ccc2[C@@H]2N=C(NOCCC(O)CO)c3c(C)nc(N)nc3C2F)ccc1N. The molecule has 3 aromatic rings. The van der Waals surface area contributed by atoms with Gasteiger partial charge in [0.2, 0.25) is 11.8 Å². The minimum atomic E-state index is -1.76. The lowest BCUT2D eigenvalue weighted by Crippen LogP contribution is -2.34. The van der Waals surface area contributed by atoms with Gasteiger partial charge in [-0.3, -0.25) is 9.83 Å². The van der Waals surface area contributed by atoms with Crippen molar-refractivity contribution in [2.45, 2.75) is 31.7 Å². The molecule has 196 valence electrons. The summed E-state index contributed by atoms with van der Waals surface area (Å²) < 4.78 is 35.6. The van der Waals surface area contributed by atoms with Gasteiger partial charge in [-0.25, -0.2) is 29.2 Å². The molecule has 0 spiro atoms. The molecule has 1 aromatic carbocycles. The topological polar surface area (TPSA) is 174 Å². The number of pyridine rings is 1. The molecule has 0 bridgehead atoms. The van der Waals surface area contributed by atoms with Crippen LogP contribution in [-0.2, 0) is 4.84 Å². The number of anilines is 2. The predicted molar refractivity (Wildman–Crippen MR) is 132 cm³/mol. The molecule has 13 heteroatoms. The summed E-state index contributed by atoms with van der Waals surface area (Å²) in [5.74, 6) is -0.407. The van der Waals surface area contributed by atoms with Crippen LogP contribution < -0.4 is 21.7 Å². The third-order valence-corrected chi connectivity index (χ3v) is 5.80. The number of nitrogens with one attached hydrogen (secondary N) is 1. The highest BCUT2D eigenvalue weighted by molar-refractivity contribution is 6.01. The van der Waals surface area contributed by atoms with Crippen molar-refractivity contribution in [1.82, 2.24) is 20.4 Å². The molecule has 0 radical (unpaired) electrons. The zero-order valence-electron chi connectivity index (χ0n) is 20.2. The van der Waals surface area contributed by atoms with E-state index in [0.29, 0.717) is 17.0 Å². The number of hydrogen-bond acceptors (Lipinski definition) is 11. The average Bonchev–Trinajstić information content (AvgIpc) is 2.88. The highest BCUT2D eigenvalue weighted by atomic mass is 19.1. The molecule has 0 aliphatic carbocycles. The van der Waals surface area contributed by atoms with E-state index < -0.39 is 30.7 Å². The maximum Gasteiger partial charge on any atom is 0.237 e. The number of aliphatic hydroxyl groups excluding tert-OH is 2. The summed E-state index contributed by atoms with van der Waals surface area (Å²) in [6, 6.07) is 5.80. The van der Waals surface area contributed by atoms with Crippen molar-refractivity contribution in [3.8, 4) is 17.1 Å². The second kappa shape index (κ2) is 11.0. The Morgan fingerprint density at radius 3 is 2.68 bits per heavy atom. The van der Waals surface area contributed by atoms with Gasteiger partial charge < -0.3 is 26.4 Å². The molecule has 37 heavy (non-hydrogen) atoms. The second-order valence-corrected chi connectivity index (χ2v) is 8.35. The lowest BCUT2D eigenvalue weighted by molar-refractivity contribution is 0.0285. The van der Waals surface area contributed by atoms with Gasteiger partial charge in [0.1, 0.15) is 11.9 Å². The third-order valence-electron chi connectivity index (χ3n) is 5.80. The normalized spacial score (nSPS) is 17.6. The van der Waals surface area contributed by atoms with Gasteiger partial charge >= 0.3 is 0 Å². The zero-order valence-corrected chi connectivity index (χ0v) is 20.2. The number of amidine groups is 1. The number of benzene rings is 1. The Morgan fingerprint density at radius 1 is 1.16 bits per heavy atom. The molecular formula is C24H27F2N7O4. The number of aromatic nitrogens is 3. The Hall–Kier alpha value is -3.94. The van der Waals surface area contributed by atoms with Gasteiger partial charge in [0, 0.05) is 12.0 Å². The number of nitrogens with zero attached hydrogens (tertiary/aromatic N) is 4. The number of alkyl halides is 1. The van der Waals surface area contributed by atoms with Gasteiger partial charge in [-0.15, -0.1) is 0 Å². The summed E-state index contributed by atoms with van der Waals surface area (Å²) in [6.45, 7) is 1.23. The quantitative estimate of drug-likeness (QED) is 0.220. The highest BCUT2D eigenvalue weighted by Crippen LogP contribution is 2.44. The van der Waals surface area contributed by atoms with Crippen LogP contribution in [0, 0.1) is 12.7 Å². The molecular weight excluding hydrogens is 488 g/mol. The van der Waals surface area contributed by atoms with Crippen molar-refractivity contribution < 1.29 is 28.6 Å². The molecule has 0 fully saturated rings. The molecule has 2 aromatic heterocycles. The summed E-state index contributed by atoms with van der Waals surface area (Å²) in [5.41, 5.74) is 16.2. The van der Waals surface area contributed by atoms with E-state index in [4.69, 9.17) is 26.1 Å². The van der Waals surface area contributed by atoms with Crippen LogP contribution in [-0.4, -0.2) is 57.4 Å². The molecule has 3 heterocycles. The fourth-order valence-electron chi connectivity index (χ4n) is 4.01. The van der Waals surface area contributed by atoms with Crippen LogP contribution in [0.2, 0.25) is 0 Å². The number of nitrogens with two attached hydrogens (primary N) is 2. The summed E-state index contributed by atoms with van der Waals surface area (Å²) in [4.78, 5) is 22.5. The molecule has 0 saturated carbocycles. The molecule has 1 aliphatic heterocycles. The maximum atomic E-state index is 16.1. The summed E-state index contributed by atoms with van der Waals surface area (Å²) in [6.07, 6.45) is -2.58. The fourth-order valence-corrected chi connectivity index (χ4v) is 4.01. The van der Waals surface area contributed by atoms with E-state index in [0.717, 1.165) is 0 Å². The Labute approximate surface area is 211 Å². The van der Waals surface area contributed by atoms with Gasteiger partial charge in [0.05, 0.1) is 54.8 Å². The number of methoxy groups -OCH3 is 1. The van der Waals surface area contributed by atoms with E-state index in [-0.39, 0.29) is 53.2 Å². The van der Waals surface area contributed by atoms with Crippen molar-refractivity contribution in [2.24, 2.45) is 4.99 Å². The number of hydrogen-bond donors (Lipinski definition) is 5. The van der Waals surface area contributed by atoms with Crippen molar-refractivity contribution in [1.29, 1.82) is 0 Å². The number of aryl methyl sites for hydroxylation is 1. The van der Waals surface area contributed by atoms with Crippen molar-refractivity contribution in [3.05, 3.63) is 58.7 Å². The van der Waals surface area contributed by atoms with Crippen LogP contribution in [0.25, 0.3) is 11.3 Å². The van der Waals surface area contributed by atoms with Crippen molar-refractivity contribution in [3.63, 3.8) is 0 Å². The van der Waals surface area contributed by atoms with Crippen LogP contribution in [0.5, 0.6) is 5.88 Å². The van der Waals surface area contributed by atoms with E-state index in [1.807, 2.05) is 0 Å². The lowest BCUT2D eigenvalue weighted by atomic mass is 9.90. The zero-order chi connectivity index (χ0) is 26.7. The molecule has 0 saturated heterocycles. The molecule has 7 N–H and O–H groups in total. The fraction of sp³-hybridized carbons (Fsp3) is 0.333. The van der Waals surface area contributed by atoms with Crippen LogP contribution in [0.4, 0.5) is 20.4 Å². The van der Waals surface area contributed by atoms with E-state index >= 15 is 4.39 Å². The molecule has 4 rings (SSSR count). The van der Waals surface area contributed by atoms with Gasteiger partial charge in [0.15, 0.2) is 12.0 Å². The summed E-state index contributed by atoms with van der Waals surface area (Å²) in [5, 5.41) is 18.5. The first-order chi connectivity index (χ1) is 17.7. The Kier molecular flexibility index (Phi) is 7.76. The molecule has 0 amide bonds. The monoisotopic (exact) mass is 515 g/mol. The van der Waals surface area contributed by atoms with Gasteiger partial charge in [-0.1, -0.05) is 6.07 Å². The van der Waals surface area contributed by atoms with E-state index in [2.05, 4.69) is 25.4 Å². The number of aliphatic imine (C=N–C) groups is 1. The molecule has 3 atom stereocenters. The Balaban J connectivity index is 1.79. The number of ether oxygens (including phenoxy) is 1. The number of fused-ring (bicyclic) bond motifs is 1. The van der Waals surface area contributed by atoms with Crippen LogP contribution >= 0.6 is 0 Å². The van der Waals surface area contributed by atoms with Crippen LogP contribution in [0.15, 0.2) is 35.3 Å². The first kappa shape index (κ1) is 26.1. The van der Waals surface area contributed by atoms with Crippen molar-refractivity contribution in [2.75, 3.05) is 31.8 Å². The maximum absolute atomic E-state index is 16.1. The smallest absolute Gasteiger partial charge is 0.237 e. The number of nitrogen functional groups attached to an aromatic ring is 2. The molecule has 2 unspecified atom stereocenters. The molecule has 1 aliphatic rings. The summed E-state index contributed by atoms with van der Waals surface area (Å²) in [7, 11) is 1.40. The average molecular weight is 516 g/mol. The number of hydroxylamine groups is 1. The third kappa shape index (κ3) is 5.43. The molecule has 11 nitrogen and oxygen atoms in total. The van der Waals surface area contributed by atoms with Gasteiger partial charge in [-0.05, 0) is 36.8 Å². The second-order valence-electron chi connectivity index (χ2n) is 8.35. The minimum Gasteiger partial charge on any atom is -0.480 e. The first-order valence-electron chi connectivity index (χ1n) is 11.4. The van der Waals surface area contributed by atoms with Crippen LogP contribution in [0.1, 0.15) is 41.1 Å². The summed E-state index contributed by atoms with van der Waals surface area (Å²) >= 11 is 0. The standard InChI is InChI=1S/C24H27F2N7O4/c1-11-18-21(32-24(28)29-11)19(26)20(31-22(18)33-37-8-7-13(35)10-34)14-4-3-12(25)9-15(14)17-6-5-16(27)23(30-17)36-2/h3-6,9,13,19-20,34-35H,7-8,10,27H2,1-2H3,(H,31,33)(H2,28,29,32)/t13?,19?,20-/m0/s1. The van der Waals surface area contributed by atoms with Crippen LogP contribution in [0.3, 0.4) is 0 Å². The van der Waals surface area contributed by atoms with E-state index in [9.17, 15) is 9.50 Å². The predicted octanol–water partition coefficient (Wildman–Crippen LogP) is 1.94. The number of rotatable bonds is 8. The number of aliphatic hydroxyl groups is 2. The lowest BCUT2D eigenvalue weighted by Gasteiger charge is -2.28. The highest BCUT2D eigenvalue weighted by Gasteiger charge is 2.37. The van der Waals surface area contributed by atoms with E-state index in [1.54, 1.807) is 19.1 Å². The van der Waals surface area contributed by atoms with Crippen molar-refractivity contribution >= 4 is 17.5 Å².